The summed E-state index contributed by atoms with van der Waals surface area (Å²) in [5.74, 6) is 2.85. The maximum Gasteiger partial charge on any atom is 0.223 e. The molecule has 1 amide bonds. The number of methoxy groups -OCH3 is 2. The Bertz CT molecular complexity index is 713. The van der Waals surface area contributed by atoms with Crippen LogP contribution < -0.4 is 25.4 Å². The van der Waals surface area contributed by atoms with Gasteiger partial charge in [-0.05, 0) is 43.9 Å². The van der Waals surface area contributed by atoms with Crippen molar-refractivity contribution in [1.29, 1.82) is 0 Å². The van der Waals surface area contributed by atoms with Gasteiger partial charge in [-0.3, -0.25) is 14.7 Å². The van der Waals surface area contributed by atoms with Crippen LogP contribution in [-0.2, 0) is 11.3 Å². The van der Waals surface area contributed by atoms with Crippen molar-refractivity contribution in [3.8, 4) is 11.5 Å². The van der Waals surface area contributed by atoms with Crippen LogP contribution in [0.15, 0.2) is 23.2 Å². The Labute approximate surface area is 179 Å². The number of hydrogen-bond donors (Lipinski definition) is 3. The second-order valence-electron chi connectivity index (χ2n) is 7.91. The lowest BCUT2D eigenvalue weighted by Gasteiger charge is -2.19. The van der Waals surface area contributed by atoms with E-state index in [1.807, 2.05) is 6.07 Å². The first-order chi connectivity index (χ1) is 14.6. The molecule has 1 aromatic rings. The molecule has 30 heavy (non-hydrogen) atoms. The van der Waals surface area contributed by atoms with Gasteiger partial charge in [0.05, 0.1) is 20.8 Å². The number of hydrogen-bond acceptors (Lipinski definition) is 5. The Morgan fingerprint density at radius 1 is 1.13 bits per heavy atom. The van der Waals surface area contributed by atoms with Gasteiger partial charge in [-0.1, -0.05) is 0 Å². The molecule has 1 heterocycles. The molecule has 1 saturated heterocycles. The van der Waals surface area contributed by atoms with E-state index in [1.165, 1.54) is 5.56 Å². The molecular formula is C22H35N5O3. The molecule has 3 N–H and O–H groups in total. The van der Waals surface area contributed by atoms with Gasteiger partial charge in [-0.15, -0.1) is 0 Å². The number of rotatable bonds is 10. The van der Waals surface area contributed by atoms with E-state index in [-0.39, 0.29) is 11.8 Å². The van der Waals surface area contributed by atoms with Gasteiger partial charge >= 0.3 is 0 Å². The van der Waals surface area contributed by atoms with Crippen molar-refractivity contribution in [1.82, 2.24) is 20.9 Å². The smallest absolute Gasteiger partial charge is 0.223 e. The van der Waals surface area contributed by atoms with Crippen molar-refractivity contribution in [3.05, 3.63) is 23.8 Å². The van der Waals surface area contributed by atoms with E-state index in [0.717, 1.165) is 62.9 Å². The summed E-state index contributed by atoms with van der Waals surface area (Å²) in [5.41, 5.74) is 1.18. The highest BCUT2D eigenvalue weighted by atomic mass is 16.5. The van der Waals surface area contributed by atoms with Crippen LogP contribution in [0.4, 0.5) is 0 Å². The summed E-state index contributed by atoms with van der Waals surface area (Å²) in [5, 5.41) is 9.80. The molecule has 8 nitrogen and oxygen atoms in total. The summed E-state index contributed by atoms with van der Waals surface area (Å²) >= 11 is 0. The Hall–Kier alpha value is -2.48. The van der Waals surface area contributed by atoms with Crippen molar-refractivity contribution >= 4 is 11.9 Å². The van der Waals surface area contributed by atoms with Crippen molar-refractivity contribution < 1.29 is 14.3 Å². The van der Waals surface area contributed by atoms with Crippen molar-refractivity contribution in [2.75, 3.05) is 46.9 Å². The highest BCUT2D eigenvalue weighted by Crippen LogP contribution is 2.28. The number of benzene rings is 1. The minimum Gasteiger partial charge on any atom is -0.497 e. The van der Waals surface area contributed by atoms with Crippen LogP contribution in [0.3, 0.4) is 0 Å². The molecule has 2 aliphatic rings. The average molecular weight is 418 g/mol. The summed E-state index contributed by atoms with van der Waals surface area (Å²) in [4.78, 5) is 18.7. The fraction of sp³-hybridized carbons (Fsp3) is 0.636. The van der Waals surface area contributed by atoms with Crippen LogP contribution in [0.25, 0.3) is 0 Å². The van der Waals surface area contributed by atoms with Gasteiger partial charge in [-0.2, -0.15) is 0 Å². The van der Waals surface area contributed by atoms with Crippen LogP contribution in [0.1, 0.15) is 31.7 Å². The van der Waals surface area contributed by atoms with E-state index in [4.69, 9.17) is 9.47 Å². The molecular weight excluding hydrogens is 382 g/mol. The third-order valence-electron chi connectivity index (χ3n) is 5.40. The van der Waals surface area contributed by atoms with Gasteiger partial charge in [0, 0.05) is 50.7 Å². The van der Waals surface area contributed by atoms with Gasteiger partial charge in [0.25, 0.3) is 0 Å². The number of amides is 1. The van der Waals surface area contributed by atoms with Gasteiger partial charge in [0.2, 0.25) is 5.91 Å². The van der Waals surface area contributed by atoms with E-state index in [0.29, 0.717) is 19.1 Å². The molecule has 3 rings (SSSR count). The summed E-state index contributed by atoms with van der Waals surface area (Å²) in [7, 11) is 3.35. The third-order valence-corrected chi connectivity index (χ3v) is 5.40. The van der Waals surface area contributed by atoms with Crippen LogP contribution in [0.2, 0.25) is 0 Å². The fourth-order valence-corrected chi connectivity index (χ4v) is 3.66. The Kier molecular flexibility index (Phi) is 8.19. The molecule has 1 aromatic carbocycles. The molecule has 2 fully saturated rings. The first-order valence-electron chi connectivity index (χ1n) is 10.9. The molecule has 1 aliphatic carbocycles. The second kappa shape index (κ2) is 11.1. The van der Waals surface area contributed by atoms with Gasteiger partial charge in [-0.25, -0.2) is 0 Å². The quantitative estimate of drug-likeness (QED) is 0.303. The predicted molar refractivity (Wildman–Crippen MR) is 118 cm³/mol. The Balaban J connectivity index is 1.46. The normalized spacial score (nSPS) is 19.4. The SMILES string of the molecule is CCNC(=NCCNC(=O)C1CC1)NC1CCN(Cc2cc(OC)cc(OC)c2)C1. The number of guanidine groups is 1. The summed E-state index contributed by atoms with van der Waals surface area (Å²) in [6.45, 7) is 6.85. The van der Waals surface area contributed by atoms with E-state index in [9.17, 15) is 4.79 Å². The number of carbonyl (C=O) groups is 1. The Morgan fingerprint density at radius 2 is 1.87 bits per heavy atom. The van der Waals surface area contributed by atoms with Gasteiger partial charge in [0.1, 0.15) is 11.5 Å². The standard InChI is InChI=1S/C22H35N5O3/c1-4-23-22(25-9-8-24-21(28)17-5-6-17)26-18-7-10-27(15-18)14-16-11-19(29-2)13-20(12-16)30-3/h11-13,17-18H,4-10,14-15H2,1-3H3,(H,24,28)(H2,23,25,26). The first kappa shape index (κ1) is 22.2. The predicted octanol–water partition coefficient (Wildman–Crippen LogP) is 1.36. The van der Waals surface area contributed by atoms with Crippen molar-refractivity contribution in [2.24, 2.45) is 10.9 Å². The highest BCUT2D eigenvalue weighted by Gasteiger charge is 2.29. The minimum absolute atomic E-state index is 0.170. The molecule has 0 radical (unpaired) electrons. The lowest BCUT2D eigenvalue weighted by atomic mass is 10.2. The maximum absolute atomic E-state index is 11.7. The molecule has 0 spiro atoms. The highest BCUT2D eigenvalue weighted by molar-refractivity contribution is 5.81. The first-order valence-corrected chi connectivity index (χ1v) is 10.9. The summed E-state index contributed by atoms with van der Waals surface area (Å²) in [6, 6.07) is 6.36. The van der Waals surface area contributed by atoms with Crippen LogP contribution >= 0.6 is 0 Å². The summed E-state index contributed by atoms with van der Waals surface area (Å²) < 4.78 is 10.8. The lowest BCUT2D eigenvalue weighted by molar-refractivity contribution is -0.122. The zero-order valence-electron chi connectivity index (χ0n) is 18.4. The van der Waals surface area contributed by atoms with E-state index < -0.39 is 0 Å². The number of aliphatic imine (C=N–C) groups is 1. The molecule has 0 aromatic heterocycles. The lowest BCUT2D eigenvalue weighted by Crippen LogP contribution is -2.45. The average Bonchev–Trinajstić information content (AvgIpc) is 3.52. The van der Waals surface area contributed by atoms with Crippen LogP contribution in [-0.4, -0.2) is 69.8 Å². The number of ether oxygens (including phenoxy) is 2. The summed E-state index contributed by atoms with van der Waals surface area (Å²) in [6.07, 6.45) is 3.12. The number of likely N-dealkylation sites (tertiary alicyclic amines) is 1. The molecule has 8 heteroatoms. The monoisotopic (exact) mass is 417 g/mol. The van der Waals surface area contributed by atoms with E-state index >= 15 is 0 Å². The zero-order chi connectivity index (χ0) is 21.3. The number of nitrogens with zero attached hydrogens (tertiary/aromatic N) is 2. The molecule has 166 valence electrons. The largest absolute Gasteiger partial charge is 0.497 e. The zero-order valence-corrected chi connectivity index (χ0v) is 18.4. The van der Waals surface area contributed by atoms with E-state index in [2.05, 4.69) is 44.9 Å². The fourth-order valence-electron chi connectivity index (χ4n) is 3.66. The molecule has 1 atom stereocenters. The maximum atomic E-state index is 11.7. The molecule has 0 bridgehead atoms. The molecule has 1 aliphatic heterocycles. The van der Waals surface area contributed by atoms with Crippen LogP contribution in [0, 0.1) is 5.92 Å². The minimum atomic E-state index is 0.170. The van der Waals surface area contributed by atoms with E-state index in [1.54, 1.807) is 14.2 Å². The number of nitrogens with one attached hydrogen (secondary N) is 3. The van der Waals surface area contributed by atoms with Crippen LogP contribution in [0.5, 0.6) is 11.5 Å². The third kappa shape index (κ3) is 6.79. The molecule has 1 unspecified atom stereocenters. The van der Waals surface area contributed by atoms with Crippen molar-refractivity contribution in [2.45, 2.75) is 38.8 Å². The topological polar surface area (TPSA) is 87.2 Å². The molecule has 1 saturated carbocycles. The van der Waals surface area contributed by atoms with Crippen molar-refractivity contribution in [3.63, 3.8) is 0 Å². The number of carbonyl (C=O) groups excluding carboxylic acids is 1. The Morgan fingerprint density at radius 3 is 2.50 bits per heavy atom. The van der Waals surface area contributed by atoms with Gasteiger partial charge in [0.15, 0.2) is 5.96 Å². The van der Waals surface area contributed by atoms with Gasteiger partial charge < -0.3 is 25.4 Å². The second-order valence-corrected chi connectivity index (χ2v) is 7.91.